The normalized spacial score (nSPS) is 23.6. The molecule has 1 heterocycles. The van der Waals surface area contributed by atoms with E-state index in [-0.39, 0.29) is 29.9 Å². The molecule has 0 aliphatic carbocycles. The van der Waals surface area contributed by atoms with Gasteiger partial charge >= 0.3 is 0 Å². The molecule has 0 aromatic heterocycles. The van der Waals surface area contributed by atoms with E-state index >= 15 is 0 Å². The van der Waals surface area contributed by atoms with E-state index in [4.69, 9.17) is 10.00 Å². The van der Waals surface area contributed by atoms with Gasteiger partial charge in [0.25, 0.3) is 5.91 Å². The second-order valence-corrected chi connectivity index (χ2v) is 3.90. The highest BCUT2D eigenvalue weighted by Gasteiger charge is 2.48. The summed E-state index contributed by atoms with van der Waals surface area (Å²) in [5, 5.41) is 13.2. The summed E-state index contributed by atoms with van der Waals surface area (Å²) in [6.45, 7) is 0.275. The number of carbonyl (C=O) groups excluding carboxylic acids is 2. The lowest BCUT2D eigenvalue weighted by Gasteiger charge is -2.39. The monoisotopic (exact) mass is 229 g/mol. The van der Waals surface area contributed by atoms with Crippen molar-refractivity contribution in [2.75, 3.05) is 25.2 Å². The van der Waals surface area contributed by atoms with Gasteiger partial charge < -0.3 is 15.4 Å². The predicted octanol–water partition coefficient (Wildman–Crippen LogP) is -1.17. The third-order valence-corrected chi connectivity index (χ3v) is 2.75. The average Bonchev–Trinajstić information content (AvgIpc) is 2.24. The number of hydrogen-bond donors (Lipinski definition) is 2. The first-order valence-corrected chi connectivity index (χ1v) is 5.39. The molecule has 2 amide bonds. The summed E-state index contributed by atoms with van der Waals surface area (Å²) in [5.41, 5.74) is -1.20. The molecular formula is C8H11N3O3S. The largest absolute Gasteiger partial charge is 0.349 e. The van der Waals surface area contributed by atoms with E-state index in [1.165, 1.54) is 18.9 Å². The van der Waals surface area contributed by atoms with E-state index in [2.05, 4.69) is 10.6 Å². The Kier molecular flexibility index (Phi) is 3.94. The van der Waals surface area contributed by atoms with Crippen molar-refractivity contribution in [3.8, 4) is 6.07 Å². The second kappa shape index (κ2) is 5.00. The first kappa shape index (κ1) is 11.8. The molecule has 82 valence electrons. The zero-order valence-electron chi connectivity index (χ0n) is 8.20. The lowest BCUT2D eigenvalue weighted by Crippen LogP contribution is -2.74. The van der Waals surface area contributed by atoms with Crippen LogP contribution in [0.4, 0.5) is 0 Å². The summed E-state index contributed by atoms with van der Waals surface area (Å²) >= 11 is 1.19. The van der Waals surface area contributed by atoms with Crippen molar-refractivity contribution in [2.24, 2.45) is 0 Å². The van der Waals surface area contributed by atoms with Crippen LogP contribution in [-0.4, -0.2) is 42.7 Å². The summed E-state index contributed by atoms with van der Waals surface area (Å²) in [7, 11) is 1.36. The minimum absolute atomic E-state index is 0.145. The number of thioether (sulfide) groups is 1. The Bertz CT molecular complexity index is 311. The molecule has 0 radical (unpaired) electrons. The molecule has 2 N–H and O–H groups in total. The zero-order valence-corrected chi connectivity index (χ0v) is 9.02. The molecule has 6 nitrogen and oxygen atoms in total. The fourth-order valence-electron chi connectivity index (χ4n) is 1.09. The van der Waals surface area contributed by atoms with Crippen LogP contribution in [0.3, 0.4) is 0 Å². The van der Waals surface area contributed by atoms with Gasteiger partial charge in [-0.05, 0) is 0 Å². The van der Waals surface area contributed by atoms with Crippen LogP contribution >= 0.6 is 11.8 Å². The molecule has 1 fully saturated rings. The van der Waals surface area contributed by atoms with Crippen LogP contribution in [0.5, 0.6) is 0 Å². The molecule has 1 unspecified atom stereocenters. The number of rotatable bonds is 5. The number of ether oxygens (including phenoxy) is 1. The number of carbonyl (C=O) groups is 2. The van der Waals surface area contributed by atoms with Crippen molar-refractivity contribution < 1.29 is 14.3 Å². The highest BCUT2D eigenvalue weighted by atomic mass is 32.2. The molecule has 0 spiro atoms. The lowest BCUT2D eigenvalue weighted by atomic mass is 10.1. The molecular weight excluding hydrogens is 218 g/mol. The van der Waals surface area contributed by atoms with Gasteiger partial charge in [0.05, 0.1) is 24.1 Å². The Morgan fingerprint density at radius 1 is 1.87 bits per heavy atom. The molecule has 0 bridgehead atoms. The molecule has 1 saturated heterocycles. The van der Waals surface area contributed by atoms with Crippen LogP contribution in [0, 0.1) is 11.3 Å². The van der Waals surface area contributed by atoms with Crippen molar-refractivity contribution in [1.82, 2.24) is 10.6 Å². The quantitative estimate of drug-likeness (QED) is 0.352. The fourth-order valence-corrected chi connectivity index (χ4v) is 1.54. The van der Waals surface area contributed by atoms with Crippen molar-refractivity contribution in [2.45, 2.75) is 5.72 Å². The summed E-state index contributed by atoms with van der Waals surface area (Å²) in [6.07, 6.45) is 0. The number of nitrogens with zero attached hydrogens (tertiary/aromatic N) is 1. The maximum absolute atomic E-state index is 11.3. The second-order valence-electron chi connectivity index (χ2n) is 2.91. The Labute approximate surface area is 91.3 Å². The highest BCUT2D eigenvalue weighted by Crippen LogP contribution is 2.13. The lowest BCUT2D eigenvalue weighted by molar-refractivity contribution is -0.166. The Morgan fingerprint density at radius 2 is 2.60 bits per heavy atom. The standard InChI is InChI=1S/C8H11N3O3S/c1-14-8(5-10-7(8)13)11-6(12)4-15-3-2-9/h3-5H2,1H3,(H,10,13)(H,11,12). The number of methoxy groups -OCH3 is 1. The number of amides is 2. The van der Waals surface area contributed by atoms with Crippen LogP contribution in [0.25, 0.3) is 0 Å². The van der Waals surface area contributed by atoms with Gasteiger partial charge in [-0.25, -0.2) is 0 Å². The maximum atomic E-state index is 11.3. The average molecular weight is 229 g/mol. The molecule has 1 atom stereocenters. The van der Waals surface area contributed by atoms with Gasteiger partial charge in [-0.1, -0.05) is 0 Å². The highest BCUT2D eigenvalue weighted by molar-refractivity contribution is 8.00. The first-order chi connectivity index (χ1) is 7.14. The van der Waals surface area contributed by atoms with Gasteiger partial charge in [0.2, 0.25) is 11.6 Å². The third-order valence-electron chi connectivity index (χ3n) is 1.95. The minimum Gasteiger partial charge on any atom is -0.349 e. The topological polar surface area (TPSA) is 91.2 Å². The molecule has 0 saturated carbocycles. The Hall–Kier alpha value is -1.26. The number of nitriles is 1. The molecule has 0 aromatic carbocycles. The maximum Gasteiger partial charge on any atom is 0.275 e. The summed E-state index contributed by atoms with van der Waals surface area (Å²) in [6, 6.07) is 1.91. The van der Waals surface area contributed by atoms with Gasteiger partial charge in [-0.2, -0.15) is 5.26 Å². The molecule has 1 aliphatic heterocycles. The van der Waals surface area contributed by atoms with Crippen molar-refractivity contribution in [3.63, 3.8) is 0 Å². The number of nitrogens with one attached hydrogen (secondary N) is 2. The van der Waals surface area contributed by atoms with Gasteiger partial charge in [0.15, 0.2) is 0 Å². The van der Waals surface area contributed by atoms with Crippen LogP contribution < -0.4 is 10.6 Å². The van der Waals surface area contributed by atoms with E-state index in [0.29, 0.717) is 0 Å². The van der Waals surface area contributed by atoms with E-state index in [1.807, 2.05) is 6.07 Å². The first-order valence-electron chi connectivity index (χ1n) is 4.24. The Balaban J connectivity index is 2.37. The van der Waals surface area contributed by atoms with Crippen molar-refractivity contribution in [3.05, 3.63) is 0 Å². The van der Waals surface area contributed by atoms with Gasteiger partial charge in [0, 0.05) is 7.11 Å². The van der Waals surface area contributed by atoms with Gasteiger partial charge in [-0.15, -0.1) is 11.8 Å². The molecule has 0 aromatic rings. The van der Waals surface area contributed by atoms with Crippen molar-refractivity contribution in [1.29, 1.82) is 5.26 Å². The molecule has 15 heavy (non-hydrogen) atoms. The SMILES string of the molecule is COC1(NC(=O)CSCC#N)CNC1=O. The van der Waals surface area contributed by atoms with Gasteiger partial charge in [0.1, 0.15) is 0 Å². The van der Waals surface area contributed by atoms with Gasteiger partial charge in [-0.3, -0.25) is 9.59 Å². The number of β-lactam (4-membered cyclic amide) rings is 1. The summed E-state index contributed by atoms with van der Waals surface area (Å²) in [5.74, 6) is -0.262. The van der Waals surface area contributed by atoms with Crippen LogP contribution in [0.1, 0.15) is 0 Å². The van der Waals surface area contributed by atoms with Crippen molar-refractivity contribution >= 4 is 23.6 Å². The van der Waals surface area contributed by atoms with E-state index in [0.717, 1.165) is 0 Å². The smallest absolute Gasteiger partial charge is 0.275 e. The third kappa shape index (κ3) is 2.61. The van der Waals surface area contributed by atoms with E-state index < -0.39 is 5.72 Å². The summed E-state index contributed by atoms with van der Waals surface area (Å²) < 4.78 is 4.94. The molecule has 1 rings (SSSR count). The fraction of sp³-hybridized carbons (Fsp3) is 0.625. The summed E-state index contributed by atoms with van der Waals surface area (Å²) in [4.78, 5) is 22.5. The zero-order chi connectivity index (χ0) is 11.3. The minimum atomic E-state index is -1.20. The van der Waals surface area contributed by atoms with E-state index in [1.54, 1.807) is 0 Å². The molecule has 7 heteroatoms. The van der Waals surface area contributed by atoms with Crippen LogP contribution in [0.15, 0.2) is 0 Å². The van der Waals surface area contributed by atoms with Crippen LogP contribution in [-0.2, 0) is 14.3 Å². The molecule has 1 aliphatic rings. The Morgan fingerprint density at radius 3 is 3.00 bits per heavy atom. The predicted molar refractivity (Wildman–Crippen MR) is 53.8 cm³/mol. The number of hydrogen-bond acceptors (Lipinski definition) is 5. The van der Waals surface area contributed by atoms with Crippen LogP contribution in [0.2, 0.25) is 0 Å². The van der Waals surface area contributed by atoms with E-state index in [9.17, 15) is 9.59 Å².